The molecule has 0 saturated heterocycles. The summed E-state index contributed by atoms with van der Waals surface area (Å²) in [6, 6.07) is 12.0. The zero-order valence-electron chi connectivity index (χ0n) is 17.2. The summed E-state index contributed by atoms with van der Waals surface area (Å²) in [5.74, 6) is -0.111. The normalized spacial score (nSPS) is 12.5. The number of aromatic nitrogens is 3. The monoisotopic (exact) mass is 432 g/mol. The van der Waals surface area contributed by atoms with Crippen molar-refractivity contribution < 1.29 is 22.7 Å². The van der Waals surface area contributed by atoms with Crippen LogP contribution >= 0.6 is 0 Å². The molecular formula is C22H23F3N4O2. The predicted molar refractivity (Wildman–Crippen MR) is 109 cm³/mol. The van der Waals surface area contributed by atoms with E-state index in [4.69, 9.17) is 4.74 Å². The van der Waals surface area contributed by atoms with Crippen LogP contribution in [0, 0.1) is 6.92 Å². The third kappa shape index (κ3) is 5.69. The molecule has 1 atom stereocenters. The molecule has 3 rings (SSSR count). The Balaban J connectivity index is 1.51. The van der Waals surface area contributed by atoms with Gasteiger partial charge in [-0.1, -0.05) is 30.3 Å². The van der Waals surface area contributed by atoms with Gasteiger partial charge in [-0.3, -0.25) is 4.79 Å². The van der Waals surface area contributed by atoms with Gasteiger partial charge in [-0.05, 0) is 38.0 Å². The van der Waals surface area contributed by atoms with Crippen LogP contribution in [0.3, 0.4) is 0 Å². The molecule has 0 bridgehead atoms. The van der Waals surface area contributed by atoms with Gasteiger partial charge in [0.1, 0.15) is 0 Å². The molecule has 1 aromatic carbocycles. The SMILES string of the molecule is Cc1c(C(=O)NCCCOC(C)c2ccccc2)cnn1-c1ccc(C(F)(F)F)cn1. The Morgan fingerprint density at radius 1 is 1.16 bits per heavy atom. The average Bonchev–Trinajstić information content (AvgIpc) is 3.14. The maximum Gasteiger partial charge on any atom is 0.417 e. The Morgan fingerprint density at radius 3 is 2.55 bits per heavy atom. The van der Waals surface area contributed by atoms with Gasteiger partial charge in [0, 0.05) is 19.3 Å². The quantitative estimate of drug-likeness (QED) is 0.533. The molecule has 31 heavy (non-hydrogen) atoms. The second kappa shape index (κ2) is 9.74. The molecular weight excluding hydrogens is 409 g/mol. The number of halogens is 3. The molecule has 1 N–H and O–H groups in total. The minimum atomic E-state index is -4.46. The van der Waals surface area contributed by atoms with Crippen molar-refractivity contribution in [3.8, 4) is 5.82 Å². The summed E-state index contributed by atoms with van der Waals surface area (Å²) in [7, 11) is 0. The molecule has 0 aliphatic rings. The number of pyridine rings is 1. The first-order chi connectivity index (χ1) is 14.8. The van der Waals surface area contributed by atoms with Crippen LogP contribution in [-0.4, -0.2) is 33.8 Å². The Kier molecular flexibility index (Phi) is 7.06. The molecule has 2 aromatic heterocycles. The molecule has 3 aromatic rings. The summed E-state index contributed by atoms with van der Waals surface area (Å²) >= 11 is 0. The van der Waals surface area contributed by atoms with Gasteiger partial charge in [-0.2, -0.15) is 18.3 Å². The fraction of sp³-hybridized carbons (Fsp3) is 0.318. The van der Waals surface area contributed by atoms with Crippen molar-refractivity contribution in [3.63, 3.8) is 0 Å². The largest absolute Gasteiger partial charge is 0.417 e. The number of carbonyl (C=O) groups excluding carboxylic acids is 1. The number of benzene rings is 1. The third-order valence-electron chi connectivity index (χ3n) is 4.79. The minimum absolute atomic E-state index is 0.0337. The first-order valence-electron chi connectivity index (χ1n) is 9.80. The number of carbonyl (C=O) groups is 1. The summed E-state index contributed by atoms with van der Waals surface area (Å²) in [5.41, 5.74) is 1.06. The highest BCUT2D eigenvalue weighted by Gasteiger charge is 2.30. The molecule has 9 heteroatoms. The van der Waals surface area contributed by atoms with Crippen LogP contribution in [-0.2, 0) is 10.9 Å². The first-order valence-corrected chi connectivity index (χ1v) is 9.80. The number of ether oxygens (including phenoxy) is 1. The first kappa shape index (κ1) is 22.5. The number of nitrogens with zero attached hydrogens (tertiary/aromatic N) is 3. The molecule has 0 radical (unpaired) electrons. The van der Waals surface area contributed by atoms with Gasteiger partial charge >= 0.3 is 6.18 Å². The Labute approximate surface area is 178 Å². The lowest BCUT2D eigenvalue weighted by molar-refractivity contribution is -0.137. The fourth-order valence-corrected chi connectivity index (χ4v) is 2.99. The lowest BCUT2D eigenvalue weighted by atomic mass is 10.1. The Bertz CT molecular complexity index is 1000. The molecule has 0 spiro atoms. The molecule has 2 heterocycles. The number of nitrogens with one attached hydrogen (secondary N) is 1. The van der Waals surface area contributed by atoms with E-state index in [1.54, 1.807) is 6.92 Å². The molecule has 1 amide bonds. The van der Waals surface area contributed by atoms with Gasteiger partial charge in [0.25, 0.3) is 5.91 Å². The van der Waals surface area contributed by atoms with Crippen LogP contribution in [0.1, 0.15) is 46.6 Å². The highest BCUT2D eigenvalue weighted by Crippen LogP contribution is 2.28. The lowest BCUT2D eigenvalue weighted by Crippen LogP contribution is -2.25. The van der Waals surface area contributed by atoms with Gasteiger partial charge in [0.05, 0.1) is 29.1 Å². The van der Waals surface area contributed by atoms with Crippen LogP contribution in [0.5, 0.6) is 0 Å². The highest BCUT2D eigenvalue weighted by atomic mass is 19.4. The van der Waals surface area contributed by atoms with Crippen molar-refractivity contribution >= 4 is 5.91 Å². The molecule has 0 aliphatic heterocycles. The van der Waals surface area contributed by atoms with E-state index in [0.29, 0.717) is 30.8 Å². The maximum atomic E-state index is 12.7. The molecule has 0 aliphatic carbocycles. The van der Waals surface area contributed by atoms with E-state index in [1.165, 1.54) is 16.9 Å². The number of hydrogen-bond acceptors (Lipinski definition) is 4. The number of alkyl halides is 3. The molecule has 164 valence electrons. The average molecular weight is 432 g/mol. The van der Waals surface area contributed by atoms with E-state index in [0.717, 1.165) is 17.8 Å². The van der Waals surface area contributed by atoms with Crippen molar-refractivity contribution in [2.75, 3.05) is 13.2 Å². The second-order valence-corrected chi connectivity index (χ2v) is 6.99. The number of rotatable bonds is 8. The minimum Gasteiger partial charge on any atom is -0.374 e. The standard InChI is InChI=1S/C22H23F3N4O2/c1-15-19(14-28-29(15)20-10-9-18(13-27-20)22(23,24)25)21(30)26-11-6-12-31-16(2)17-7-4-3-5-8-17/h3-5,7-10,13-14,16H,6,11-12H2,1-2H3,(H,26,30). The van der Waals surface area contributed by atoms with Gasteiger partial charge in [-0.15, -0.1) is 0 Å². The topological polar surface area (TPSA) is 69.0 Å². The van der Waals surface area contributed by atoms with Crippen LogP contribution < -0.4 is 5.32 Å². The Morgan fingerprint density at radius 2 is 1.90 bits per heavy atom. The molecule has 0 saturated carbocycles. The van der Waals surface area contributed by atoms with Gasteiger partial charge in [0.15, 0.2) is 5.82 Å². The lowest BCUT2D eigenvalue weighted by Gasteiger charge is -2.13. The van der Waals surface area contributed by atoms with Crippen LogP contribution in [0.2, 0.25) is 0 Å². The van der Waals surface area contributed by atoms with Gasteiger partial charge in [0.2, 0.25) is 0 Å². The van der Waals surface area contributed by atoms with E-state index in [-0.39, 0.29) is 17.8 Å². The zero-order valence-corrected chi connectivity index (χ0v) is 17.2. The summed E-state index contributed by atoms with van der Waals surface area (Å²) in [6.45, 7) is 4.54. The summed E-state index contributed by atoms with van der Waals surface area (Å²) in [6.07, 6.45) is -1.74. The van der Waals surface area contributed by atoms with Crippen molar-refractivity contribution in [3.05, 3.63) is 77.2 Å². The maximum absolute atomic E-state index is 12.7. The molecule has 1 unspecified atom stereocenters. The van der Waals surface area contributed by atoms with Crippen LogP contribution in [0.15, 0.2) is 54.9 Å². The van der Waals surface area contributed by atoms with Gasteiger partial charge in [-0.25, -0.2) is 9.67 Å². The number of hydrogen-bond donors (Lipinski definition) is 1. The zero-order chi connectivity index (χ0) is 22.4. The molecule has 6 nitrogen and oxygen atoms in total. The fourth-order valence-electron chi connectivity index (χ4n) is 2.99. The van der Waals surface area contributed by atoms with Crippen molar-refractivity contribution in [1.29, 1.82) is 0 Å². The van der Waals surface area contributed by atoms with E-state index in [1.807, 2.05) is 37.3 Å². The van der Waals surface area contributed by atoms with Crippen molar-refractivity contribution in [2.24, 2.45) is 0 Å². The van der Waals surface area contributed by atoms with Crippen molar-refractivity contribution in [2.45, 2.75) is 32.5 Å². The Hall–Kier alpha value is -3.20. The number of amides is 1. The van der Waals surface area contributed by atoms with Crippen molar-refractivity contribution in [1.82, 2.24) is 20.1 Å². The summed E-state index contributed by atoms with van der Waals surface area (Å²) in [5, 5.41) is 6.89. The third-order valence-corrected chi connectivity index (χ3v) is 4.79. The van der Waals surface area contributed by atoms with Crippen LogP contribution in [0.25, 0.3) is 5.82 Å². The smallest absolute Gasteiger partial charge is 0.374 e. The summed E-state index contributed by atoms with van der Waals surface area (Å²) < 4.78 is 45.2. The van der Waals surface area contributed by atoms with E-state index < -0.39 is 11.7 Å². The molecule has 0 fully saturated rings. The predicted octanol–water partition coefficient (Wildman–Crippen LogP) is 4.49. The van der Waals surface area contributed by atoms with E-state index in [9.17, 15) is 18.0 Å². The van der Waals surface area contributed by atoms with Gasteiger partial charge < -0.3 is 10.1 Å². The van der Waals surface area contributed by atoms with E-state index >= 15 is 0 Å². The second-order valence-electron chi connectivity index (χ2n) is 6.99. The van der Waals surface area contributed by atoms with Crippen LogP contribution in [0.4, 0.5) is 13.2 Å². The highest BCUT2D eigenvalue weighted by molar-refractivity contribution is 5.95. The summed E-state index contributed by atoms with van der Waals surface area (Å²) in [4.78, 5) is 16.2. The van der Waals surface area contributed by atoms with E-state index in [2.05, 4.69) is 15.4 Å².